The summed E-state index contributed by atoms with van der Waals surface area (Å²) in [5.74, 6) is 1.23. The first-order valence-corrected chi connectivity index (χ1v) is 13.2. The first kappa shape index (κ1) is 25.6. The lowest BCUT2D eigenvalue weighted by Gasteiger charge is -2.15. The van der Waals surface area contributed by atoms with Crippen LogP contribution in [-0.4, -0.2) is 15.9 Å². The maximum atomic E-state index is 13.4. The van der Waals surface area contributed by atoms with E-state index in [9.17, 15) is 4.79 Å². The van der Waals surface area contributed by atoms with E-state index in [4.69, 9.17) is 21.3 Å². The molecule has 8 heteroatoms. The summed E-state index contributed by atoms with van der Waals surface area (Å²) in [6.45, 7) is 6.52. The quantitative estimate of drug-likeness (QED) is 0.199. The zero-order valence-electron chi connectivity index (χ0n) is 19.6. The molecule has 0 bridgehead atoms. The fraction of sp³-hybridized carbons (Fsp3) is 0.222. The third-order valence-electron chi connectivity index (χ3n) is 5.70. The van der Waals surface area contributed by atoms with Gasteiger partial charge in [0.25, 0.3) is 5.56 Å². The second kappa shape index (κ2) is 11.1. The third kappa shape index (κ3) is 5.85. The summed E-state index contributed by atoms with van der Waals surface area (Å²) in [5, 5.41) is 5.60. The van der Waals surface area contributed by atoms with Crippen molar-refractivity contribution in [3.8, 4) is 5.75 Å². The second-order valence-electron chi connectivity index (χ2n) is 8.39. The molecule has 0 aliphatic carbocycles. The molecule has 3 aromatic carbocycles. The van der Waals surface area contributed by atoms with Crippen molar-refractivity contribution in [3.05, 3.63) is 101 Å². The van der Waals surface area contributed by atoms with Gasteiger partial charge in [0.1, 0.15) is 18.2 Å². The van der Waals surface area contributed by atoms with Crippen LogP contribution in [0.3, 0.4) is 0 Å². The van der Waals surface area contributed by atoms with Gasteiger partial charge in [0.2, 0.25) is 0 Å². The molecule has 0 aliphatic rings. The molecule has 0 saturated carbocycles. The average Bonchev–Trinajstić information content (AvgIpc) is 2.82. The van der Waals surface area contributed by atoms with Gasteiger partial charge in [0, 0.05) is 21.0 Å². The molecule has 0 fully saturated rings. The van der Waals surface area contributed by atoms with E-state index in [0.717, 1.165) is 22.0 Å². The minimum Gasteiger partial charge on any atom is -0.487 e. The molecule has 35 heavy (non-hydrogen) atoms. The number of hydrogen-bond acceptors (Lipinski definition) is 4. The van der Waals surface area contributed by atoms with Crippen LogP contribution in [0.25, 0.3) is 10.9 Å². The molecule has 0 spiro atoms. The Labute approximate surface area is 226 Å². The number of rotatable bonds is 7. The Kier molecular flexibility index (Phi) is 8.09. The molecule has 0 unspecified atom stereocenters. The molecule has 0 aliphatic heterocycles. The lowest BCUT2D eigenvalue weighted by Crippen LogP contribution is -2.23. The molecule has 1 heterocycles. The van der Waals surface area contributed by atoms with E-state index < -0.39 is 0 Å². The zero-order chi connectivity index (χ0) is 25.1. The standard InChI is InChI=1S/C27H24Br2ClN3O2/c1-4-17(3)26-32-24-9-8-20(28)12-22(24)27(34)33(26)31-14-19-11-21(30)13-23(29)25(19)35-15-18-7-5-6-16(2)10-18/h5-14,17H,4,15H2,1-3H3/t17-/m1/s1. The van der Waals surface area contributed by atoms with Crippen LogP contribution in [0.15, 0.2) is 73.4 Å². The van der Waals surface area contributed by atoms with Gasteiger partial charge in [-0.05, 0) is 65.2 Å². The van der Waals surface area contributed by atoms with E-state index >= 15 is 0 Å². The number of aryl methyl sites for hydroxylation is 1. The molecule has 4 aromatic rings. The van der Waals surface area contributed by atoms with Crippen molar-refractivity contribution >= 4 is 60.6 Å². The van der Waals surface area contributed by atoms with Gasteiger partial charge in [0.15, 0.2) is 0 Å². The summed E-state index contributed by atoms with van der Waals surface area (Å²) in [7, 11) is 0. The predicted molar refractivity (Wildman–Crippen MR) is 150 cm³/mol. The van der Waals surface area contributed by atoms with Gasteiger partial charge < -0.3 is 4.74 Å². The lowest BCUT2D eigenvalue weighted by molar-refractivity contribution is 0.303. The number of nitrogens with zero attached hydrogens (tertiary/aromatic N) is 3. The molecule has 1 atom stereocenters. The summed E-state index contributed by atoms with van der Waals surface area (Å²) in [4.78, 5) is 18.2. The summed E-state index contributed by atoms with van der Waals surface area (Å²) in [6.07, 6.45) is 2.42. The minimum absolute atomic E-state index is 0.0380. The van der Waals surface area contributed by atoms with Gasteiger partial charge in [-0.2, -0.15) is 9.78 Å². The van der Waals surface area contributed by atoms with Crippen LogP contribution in [-0.2, 0) is 6.61 Å². The summed E-state index contributed by atoms with van der Waals surface area (Å²) >= 11 is 13.3. The monoisotopic (exact) mass is 615 g/mol. The highest BCUT2D eigenvalue weighted by Gasteiger charge is 2.16. The van der Waals surface area contributed by atoms with E-state index in [-0.39, 0.29) is 11.5 Å². The molecule has 0 radical (unpaired) electrons. The van der Waals surface area contributed by atoms with Crippen LogP contribution in [0.4, 0.5) is 0 Å². The van der Waals surface area contributed by atoms with Crippen LogP contribution >= 0.6 is 43.5 Å². The first-order chi connectivity index (χ1) is 16.8. The van der Waals surface area contributed by atoms with Crippen molar-refractivity contribution in [2.24, 2.45) is 5.10 Å². The van der Waals surface area contributed by atoms with Crippen molar-refractivity contribution in [2.75, 3.05) is 0 Å². The Bertz CT molecular complexity index is 1480. The molecule has 4 rings (SSSR count). The molecule has 0 amide bonds. The molecule has 0 N–H and O–H groups in total. The van der Waals surface area contributed by atoms with Crippen molar-refractivity contribution in [3.63, 3.8) is 0 Å². The number of benzene rings is 3. The van der Waals surface area contributed by atoms with Crippen LogP contribution in [0.1, 0.15) is 48.7 Å². The minimum atomic E-state index is -0.230. The zero-order valence-corrected chi connectivity index (χ0v) is 23.5. The third-order valence-corrected chi connectivity index (χ3v) is 7.00. The number of aromatic nitrogens is 2. The number of ether oxygens (including phenoxy) is 1. The van der Waals surface area contributed by atoms with Gasteiger partial charge in [-0.25, -0.2) is 4.98 Å². The maximum Gasteiger partial charge on any atom is 0.282 e. The molecule has 0 saturated heterocycles. The van der Waals surface area contributed by atoms with Gasteiger partial charge >= 0.3 is 0 Å². The fourth-order valence-electron chi connectivity index (χ4n) is 3.68. The summed E-state index contributed by atoms with van der Waals surface area (Å²) in [5.41, 5.74) is 3.27. The maximum absolute atomic E-state index is 13.4. The van der Waals surface area contributed by atoms with Crippen molar-refractivity contribution < 1.29 is 4.74 Å². The Morgan fingerprint density at radius 1 is 1.17 bits per heavy atom. The smallest absolute Gasteiger partial charge is 0.282 e. The Hall–Kier alpha value is -2.48. The molecular weight excluding hydrogens is 594 g/mol. The predicted octanol–water partition coefficient (Wildman–Crippen LogP) is 7.86. The van der Waals surface area contributed by atoms with Gasteiger partial charge in [-0.1, -0.05) is 71.2 Å². The van der Waals surface area contributed by atoms with E-state index in [0.29, 0.717) is 44.1 Å². The van der Waals surface area contributed by atoms with E-state index in [1.54, 1.807) is 24.4 Å². The van der Waals surface area contributed by atoms with E-state index in [2.05, 4.69) is 50.0 Å². The molecule has 1 aromatic heterocycles. The van der Waals surface area contributed by atoms with E-state index in [1.165, 1.54) is 4.68 Å². The Morgan fingerprint density at radius 3 is 2.71 bits per heavy atom. The summed E-state index contributed by atoms with van der Waals surface area (Å²) in [6, 6.07) is 17.2. The molecule has 5 nitrogen and oxygen atoms in total. The fourth-order valence-corrected chi connectivity index (χ4v) is 4.99. The SMILES string of the molecule is CC[C@@H](C)c1nc2ccc(Br)cc2c(=O)n1N=Cc1cc(Cl)cc(Br)c1OCc1cccc(C)c1. The van der Waals surface area contributed by atoms with Crippen LogP contribution in [0.2, 0.25) is 5.02 Å². The Balaban J connectivity index is 1.78. The van der Waals surface area contributed by atoms with Crippen LogP contribution in [0, 0.1) is 6.92 Å². The normalized spacial score (nSPS) is 12.4. The van der Waals surface area contributed by atoms with Gasteiger partial charge in [-0.15, -0.1) is 0 Å². The highest BCUT2D eigenvalue weighted by atomic mass is 79.9. The van der Waals surface area contributed by atoms with Crippen molar-refractivity contribution in [1.82, 2.24) is 9.66 Å². The number of fused-ring (bicyclic) bond motifs is 1. The largest absolute Gasteiger partial charge is 0.487 e. The van der Waals surface area contributed by atoms with E-state index in [1.807, 2.05) is 44.2 Å². The van der Waals surface area contributed by atoms with Crippen LogP contribution in [0.5, 0.6) is 5.75 Å². The van der Waals surface area contributed by atoms with Crippen LogP contribution < -0.4 is 10.3 Å². The number of hydrogen-bond donors (Lipinski definition) is 0. The first-order valence-electron chi connectivity index (χ1n) is 11.2. The topological polar surface area (TPSA) is 56.5 Å². The second-order valence-corrected chi connectivity index (χ2v) is 10.6. The average molecular weight is 618 g/mol. The van der Waals surface area contributed by atoms with Gasteiger partial charge in [0.05, 0.1) is 21.6 Å². The molecule has 180 valence electrons. The number of halogens is 3. The van der Waals surface area contributed by atoms with Crippen molar-refractivity contribution in [1.29, 1.82) is 0 Å². The highest BCUT2D eigenvalue weighted by Crippen LogP contribution is 2.33. The van der Waals surface area contributed by atoms with Crippen molar-refractivity contribution in [2.45, 2.75) is 39.7 Å². The van der Waals surface area contributed by atoms with Gasteiger partial charge in [-0.3, -0.25) is 4.79 Å². The summed E-state index contributed by atoms with van der Waals surface area (Å²) < 4.78 is 9.05. The Morgan fingerprint density at radius 2 is 1.97 bits per heavy atom. The molecular formula is C27H24Br2ClN3O2. The lowest BCUT2D eigenvalue weighted by atomic mass is 10.1. The highest BCUT2D eigenvalue weighted by molar-refractivity contribution is 9.10.